The van der Waals surface area contributed by atoms with E-state index in [0.717, 1.165) is 28.1 Å². The standard InChI is InChI=1S/C24H27N3O4S2/c1-31-18-10-12-19(13-11-18)33(29,30)26-14-4-6-17(16-26)24(28)27-15-5-8-21(27)23-25-20-7-2-3-9-22(20)32-23/h2-3,7,9-13,17,21H,4-6,8,14-16H2,1H3/t17-,21+/m1/s1. The fourth-order valence-corrected chi connectivity index (χ4v) is 7.45. The zero-order valence-corrected chi connectivity index (χ0v) is 20.1. The number of aromatic nitrogens is 1. The average molecular weight is 486 g/mol. The van der Waals surface area contributed by atoms with Gasteiger partial charge < -0.3 is 9.64 Å². The number of hydrogen-bond acceptors (Lipinski definition) is 6. The first-order chi connectivity index (χ1) is 16.0. The van der Waals surface area contributed by atoms with Crippen molar-refractivity contribution in [2.75, 3.05) is 26.7 Å². The summed E-state index contributed by atoms with van der Waals surface area (Å²) in [6, 6.07) is 14.4. The fraction of sp³-hybridized carbons (Fsp3) is 0.417. The number of likely N-dealkylation sites (tertiary alicyclic amines) is 1. The van der Waals surface area contributed by atoms with E-state index >= 15 is 0 Å². The number of hydrogen-bond donors (Lipinski definition) is 0. The second kappa shape index (κ2) is 9.04. The first kappa shape index (κ1) is 22.3. The normalized spacial score (nSPS) is 22.0. The van der Waals surface area contributed by atoms with E-state index in [1.807, 2.05) is 23.1 Å². The molecule has 0 unspecified atom stereocenters. The van der Waals surface area contributed by atoms with E-state index in [0.29, 0.717) is 31.7 Å². The van der Waals surface area contributed by atoms with Crippen molar-refractivity contribution in [3.63, 3.8) is 0 Å². The van der Waals surface area contributed by atoms with Crippen LogP contribution in [-0.4, -0.2) is 55.3 Å². The summed E-state index contributed by atoms with van der Waals surface area (Å²) in [7, 11) is -2.12. The summed E-state index contributed by atoms with van der Waals surface area (Å²) in [6.07, 6.45) is 3.21. The zero-order chi connectivity index (χ0) is 23.0. The van der Waals surface area contributed by atoms with Crippen LogP contribution in [0.3, 0.4) is 0 Å². The molecule has 2 fully saturated rings. The van der Waals surface area contributed by atoms with Gasteiger partial charge in [0, 0.05) is 19.6 Å². The highest BCUT2D eigenvalue weighted by Crippen LogP contribution is 2.38. The largest absolute Gasteiger partial charge is 0.497 e. The number of thiazole rings is 1. The van der Waals surface area contributed by atoms with Gasteiger partial charge in [0.25, 0.3) is 0 Å². The molecule has 0 N–H and O–H groups in total. The van der Waals surface area contributed by atoms with Gasteiger partial charge in [0.05, 0.1) is 34.2 Å². The van der Waals surface area contributed by atoms with E-state index in [9.17, 15) is 13.2 Å². The van der Waals surface area contributed by atoms with Crippen LogP contribution >= 0.6 is 11.3 Å². The van der Waals surface area contributed by atoms with Gasteiger partial charge in [-0.2, -0.15) is 4.31 Å². The Labute approximate surface area is 198 Å². The molecule has 1 amide bonds. The van der Waals surface area contributed by atoms with Crippen molar-refractivity contribution in [1.29, 1.82) is 0 Å². The van der Waals surface area contributed by atoms with Crippen LogP contribution in [0.2, 0.25) is 0 Å². The molecule has 174 valence electrons. The molecule has 2 saturated heterocycles. The second-order valence-corrected chi connectivity index (χ2v) is 11.6. The lowest BCUT2D eigenvalue weighted by Gasteiger charge is -2.34. The van der Waals surface area contributed by atoms with Gasteiger partial charge in [-0.25, -0.2) is 13.4 Å². The molecule has 0 saturated carbocycles. The monoisotopic (exact) mass is 485 g/mol. The molecular formula is C24H27N3O4S2. The maximum absolute atomic E-state index is 13.6. The first-order valence-corrected chi connectivity index (χ1v) is 13.5. The molecule has 0 spiro atoms. The minimum Gasteiger partial charge on any atom is -0.497 e. The lowest BCUT2D eigenvalue weighted by atomic mass is 9.97. The van der Waals surface area contributed by atoms with Gasteiger partial charge in [0.1, 0.15) is 10.8 Å². The van der Waals surface area contributed by atoms with E-state index in [4.69, 9.17) is 9.72 Å². The second-order valence-electron chi connectivity index (χ2n) is 8.59. The molecule has 3 heterocycles. The Kier molecular flexibility index (Phi) is 6.11. The van der Waals surface area contributed by atoms with Gasteiger partial charge in [-0.3, -0.25) is 4.79 Å². The summed E-state index contributed by atoms with van der Waals surface area (Å²) in [5.74, 6) is 0.323. The molecule has 0 bridgehead atoms. The molecule has 7 nitrogen and oxygen atoms in total. The maximum atomic E-state index is 13.6. The zero-order valence-electron chi connectivity index (χ0n) is 18.5. The molecule has 1 aromatic heterocycles. The molecule has 33 heavy (non-hydrogen) atoms. The predicted octanol–water partition coefficient (Wildman–Crippen LogP) is 4.07. The number of benzene rings is 2. The minimum atomic E-state index is -3.66. The smallest absolute Gasteiger partial charge is 0.243 e. The molecule has 9 heteroatoms. The summed E-state index contributed by atoms with van der Waals surface area (Å²) in [5.41, 5.74) is 0.964. The highest BCUT2D eigenvalue weighted by molar-refractivity contribution is 7.89. The Bertz CT molecular complexity index is 1220. The van der Waals surface area contributed by atoms with Crippen LogP contribution in [0, 0.1) is 5.92 Å². The number of amides is 1. The van der Waals surface area contributed by atoms with Gasteiger partial charge in [-0.1, -0.05) is 12.1 Å². The molecular weight excluding hydrogens is 458 g/mol. The number of carbonyl (C=O) groups excluding carboxylic acids is 1. The number of sulfonamides is 1. The number of methoxy groups -OCH3 is 1. The summed E-state index contributed by atoms with van der Waals surface area (Å²) in [5, 5.41) is 0.973. The van der Waals surface area contributed by atoms with Crippen LogP contribution in [0.15, 0.2) is 53.4 Å². The van der Waals surface area contributed by atoms with Gasteiger partial charge in [-0.15, -0.1) is 11.3 Å². The van der Waals surface area contributed by atoms with E-state index < -0.39 is 10.0 Å². The molecule has 2 atom stereocenters. The van der Waals surface area contributed by atoms with E-state index in [-0.39, 0.29) is 29.3 Å². The Balaban J connectivity index is 1.33. The van der Waals surface area contributed by atoms with Gasteiger partial charge in [0.15, 0.2) is 0 Å². The number of para-hydroxylation sites is 1. The van der Waals surface area contributed by atoms with Crippen molar-refractivity contribution in [3.05, 3.63) is 53.5 Å². The van der Waals surface area contributed by atoms with E-state index in [2.05, 4.69) is 6.07 Å². The third-order valence-electron chi connectivity index (χ3n) is 6.56. The summed E-state index contributed by atoms with van der Waals surface area (Å²) in [4.78, 5) is 20.5. The Hall–Kier alpha value is -2.49. The molecule has 0 radical (unpaired) electrons. The number of ether oxygens (including phenoxy) is 1. The quantitative estimate of drug-likeness (QED) is 0.544. The molecule has 2 aromatic carbocycles. The molecule has 2 aliphatic heterocycles. The van der Waals surface area contributed by atoms with Crippen LogP contribution < -0.4 is 4.74 Å². The fourth-order valence-electron chi connectivity index (χ4n) is 4.81. The van der Waals surface area contributed by atoms with Crippen molar-refractivity contribution in [1.82, 2.24) is 14.2 Å². The highest BCUT2D eigenvalue weighted by Gasteiger charge is 2.39. The highest BCUT2D eigenvalue weighted by atomic mass is 32.2. The van der Waals surface area contributed by atoms with Crippen LogP contribution in [0.4, 0.5) is 0 Å². The Morgan fingerprint density at radius 2 is 1.82 bits per heavy atom. The maximum Gasteiger partial charge on any atom is 0.243 e. The van der Waals surface area contributed by atoms with Crippen LogP contribution in [0.5, 0.6) is 5.75 Å². The lowest BCUT2D eigenvalue weighted by Crippen LogP contribution is -2.46. The van der Waals surface area contributed by atoms with Crippen molar-refractivity contribution < 1.29 is 17.9 Å². The summed E-state index contributed by atoms with van der Waals surface area (Å²) >= 11 is 1.65. The minimum absolute atomic E-state index is 0.0246. The number of nitrogens with zero attached hydrogens (tertiary/aromatic N) is 3. The summed E-state index contributed by atoms with van der Waals surface area (Å²) in [6.45, 7) is 1.34. The number of rotatable bonds is 5. The molecule has 2 aliphatic rings. The van der Waals surface area contributed by atoms with Crippen molar-refractivity contribution in [2.24, 2.45) is 5.92 Å². The Morgan fingerprint density at radius 1 is 1.06 bits per heavy atom. The van der Waals surface area contributed by atoms with Crippen molar-refractivity contribution >= 4 is 37.5 Å². The molecule has 0 aliphatic carbocycles. The van der Waals surface area contributed by atoms with Gasteiger partial charge in [0.2, 0.25) is 15.9 Å². The van der Waals surface area contributed by atoms with Crippen molar-refractivity contribution in [3.8, 4) is 5.75 Å². The third kappa shape index (κ3) is 4.25. The number of fused-ring (bicyclic) bond motifs is 1. The molecule has 5 rings (SSSR count). The van der Waals surface area contributed by atoms with Gasteiger partial charge in [-0.05, 0) is 62.1 Å². The van der Waals surface area contributed by atoms with Gasteiger partial charge >= 0.3 is 0 Å². The van der Waals surface area contributed by atoms with E-state index in [1.54, 1.807) is 42.7 Å². The first-order valence-electron chi connectivity index (χ1n) is 11.3. The third-order valence-corrected chi connectivity index (χ3v) is 9.58. The number of piperidine rings is 1. The van der Waals surface area contributed by atoms with Crippen LogP contribution in [0.1, 0.15) is 36.7 Å². The average Bonchev–Trinajstić information content (AvgIpc) is 3.50. The van der Waals surface area contributed by atoms with E-state index in [1.165, 1.54) is 4.31 Å². The van der Waals surface area contributed by atoms with Crippen molar-refractivity contribution in [2.45, 2.75) is 36.6 Å². The predicted molar refractivity (Wildman–Crippen MR) is 128 cm³/mol. The summed E-state index contributed by atoms with van der Waals surface area (Å²) < 4.78 is 34.2. The number of carbonyl (C=O) groups is 1. The van der Waals surface area contributed by atoms with Crippen LogP contribution in [-0.2, 0) is 14.8 Å². The molecule has 3 aromatic rings. The topological polar surface area (TPSA) is 79.8 Å². The lowest BCUT2D eigenvalue weighted by molar-refractivity contribution is -0.137. The van der Waals surface area contributed by atoms with Crippen LogP contribution in [0.25, 0.3) is 10.2 Å². The Morgan fingerprint density at radius 3 is 2.58 bits per heavy atom. The SMILES string of the molecule is COc1ccc(S(=O)(=O)N2CCC[C@@H](C(=O)N3CCC[C@H]3c3nc4ccccc4s3)C2)cc1.